The van der Waals surface area contributed by atoms with Gasteiger partial charge in [-0.2, -0.15) is 0 Å². The highest BCUT2D eigenvalue weighted by atomic mass is 16.2. The lowest BCUT2D eigenvalue weighted by Gasteiger charge is -2.32. The first-order valence-corrected chi connectivity index (χ1v) is 9.71. The maximum Gasteiger partial charge on any atom is 0.255 e. The normalized spacial score (nSPS) is 26.3. The molecule has 0 aliphatic carbocycles. The number of carbonyl (C=O) groups is 3. The van der Waals surface area contributed by atoms with Gasteiger partial charge in [0.15, 0.2) is 0 Å². The molecule has 2 fully saturated rings. The second-order valence-corrected chi connectivity index (χ2v) is 7.75. The van der Waals surface area contributed by atoms with Gasteiger partial charge >= 0.3 is 0 Å². The fourth-order valence-electron chi connectivity index (χ4n) is 4.39. The van der Waals surface area contributed by atoms with Crippen molar-refractivity contribution >= 4 is 17.7 Å². The number of piperidine rings is 2. The lowest BCUT2D eigenvalue weighted by molar-refractivity contribution is -0.136. The molecule has 3 aliphatic heterocycles. The molecule has 0 saturated carbocycles. The molecule has 1 aromatic carbocycles. The van der Waals surface area contributed by atoms with Crippen molar-refractivity contribution in [2.24, 2.45) is 0 Å². The summed E-state index contributed by atoms with van der Waals surface area (Å²) in [7, 11) is 2.01. The molecule has 0 bridgehead atoms. The first kappa shape index (κ1) is 18.1. The average Bonchev–Trinajstić information content (AvgIpc) is 2.98. The molecule has 3 heterocycles. The van der Waals surface area contributed by atoms with Crippen LogP contribution in [0.3, 0.4) is 0 Å². The zero-order valence-corrected chi connectivity index (χ0v) is 15.7. The third-order valence-electron chi connectivity index (χ3n) is 5.91. The molecule has 7 heteroatoms. The minimum Gasteiger partial charge on any atom is -0.322 e. The summed E-state index contributed by atoms with van der Waals surface area (Å²) in [5.74, 6) is -0.726. The molecule has 1 aromatic rings. The summed E-state index contributed by atoms with van der Waals surface area (Å²) >= 11 is 0. The molecule has 0 spiro atoms. The van der Waals surface area contributed by atoms with Gasteiger partial charge in [0.05, 0.1) is 0 Å². The Balaban J connectivity index is 1.46. The molecular formula is C20H26N4O3. The topological polar surface area (TPSA) is 81.8 Å². The van der Waals surface area contributed by atoms with Crippen molar-refractivity contribution in [2.75, 3.05) is 20.1 Å². The molecule has 2 saturated heterocycles. The summed E-state index contributed by atoms with van der Waals surface area (Å²) in [6.07, 6.45) is 3.06. The second kappa shape index (κ2) is 7.40. The van der Waals surface area contributed by atoms with Crippen molar-refractivity contribution in [1.29, 1.82) is 0 Å². The first-order valence-electron chi connectivity index (χ1n) is 9.71. The predicted molar refractivity (Wildman–Crippen MR) is 99.8 cm³/mol. The summed E-state index contributed by atoms with van der Waals surface area (Å²) < 4.78 is 0. The third kappa shape index (κ3) is 3.61. The number of amides is 3. The number of carbonyl (C=O) groups excluding carboxylic acids is 3. The quantitative estimate of drug-likeness (QED) is 0.760. The summed E-state index contributed by atoms with van der Waals surface area (Å²) in [5, 5.41) is 5.70. The van der Waals surface area contributed by atoms with Crippen molar-refractivity contribution in [3.63, 3.8) is 0 Å². The smallest absolute Gasteiger partial charge is 0.255 e. The van der Waals surface area contributed by atoms with Gasteiger partial charge in [-0.25, -0.2) is 0 Å². The van der Waals surface area contributed by atoms with Gasteiger partial charge in [0.1, 0.15) is 6.04 Å². The highest BCUT2D eigenvalue weighted by molar-refractivity contribution is 6.05. The van der Waals surface area contributed by atoms with Crippen LogP contribution in [0.1, 0.15) is 47.2 Å². The van der Waals surface area contributed by atoms with Crippen molar-refractivity contribution in [1.82, 2.24) is 20.4 Å². The highest BCUT2D eigenvalue weighted by Crippen LogP contribution is 2.28. The number of hydrogen-bond acceptors (Lipinski definition) is 5. The van der Waals surface area contributed by atoms with Gasteiger partial charge in [-0.1, -0.05) is 12.1 Å². The SMILES string of the molecule is CNC1CCCN(Cc2ccc3c(c2)C(=O)N(C2CCC(=O)NC2=O)C3)C1. The highest BCUT2D eigenvalue weighted by Gasteiger charge is 2.39. The largest absolute Gasteiger partial charge is 0.322 e. The average molecular weight is 370 g/mol. The number of rotatable bonds is 4. The number of benzene rings is 1. The zero-order chi connectivity index (χ0) is 19.0. The maximum absolute atomic E-state index is 12.9. The number of hydrogen-bond donors (Lipinski definition) is 2. The Morgan fingerprint density at radius 3 is 2.85 bits per heavy atom. The van der Waals surface area contributed by atoms with E-state index in [4.69, 9.17) is 0 Å². The summed E-state index contributed by atoms with van der Waals surface area (Å²) in [6, 6.07) is 6.05. The number of likely N-dealkylation sites (tertiary alicyclic amines) is 1. The van der Waals surface area contributed by atoms with E-state index in [2.05, 4.69) is 21.6 Å². The number of nitrogens with zero attached hydrogens (tertiary/aromatic N) is 2. The summed E-state index contributed by atoms with van der Waals surface area (Å²) in [4.78, 5) is 40.4. The lowest BCUT2D eigenvalue weighted by atomic mass is 10.0. The standard InChI is InChI=1S/C20H26N4O3/c1-21-15-3-2-8-23(12-15)10-13-4-5-14-11-24(20(27)16(14)9-13)17-6-7-18(25)22-19(17)26/h4-5,9,15,17,21H,2-3,6-8,10-12H2,1H3,(H,22,25,26). The van der Waals surface area contributed by atoms with Gasteiger partial charge in [-0.15, -0.1) is 0 Å². The number of likely N-dealkylation sites (N-methyl/N-ethyl adjacent to an activating group) is 1. The minimum atomic E-state index is -0.551. The van der Waals surface area contributed by atoms with Gasteiger partial charge in [0.2, 0.25) is 11.8 Å². The van der Waals surface area contributed by atoms with E-state index in [-0.39, 0.29) is 24.1 Å². The molecule has 7 nitrogen and oxygen atoms in total. The monoisotopic (exact) mass is 370 g/mol. The van der Waals surface area contributed by atoms with Crippen LogP contribution in [0.15, 0.2) is 18.2 Å². The van der Waals surface area contributed by atoms with Crippen molar-refractivity contribution in [3.8, 4) is 0 Å². The van der Waals surface area contributed by atoms with Gasteiger partial charge < -0.3 is 10.2 Å². The van der Waals surface area contributed by atoms with Crippen molar-refractivity contribution < 1.29 is 14.4 Å². The Kier molecular flexibility index (Phi) is 4.97. The minimum absolute atomic E-state index is 0.104. The van der Waals surface area contributed by atoms with Crippen molar-refractivity contribution in [2.45, 2.75) is 50.9 Å². The number of fused-ring (bicyclic) bond motifs is 1. The second-order valence-electron chi connectivity index (χ2n) is 7.75. The maximum atomic E-state index is 12.9. The van der Waals surface area contributed by atoms with Gasteiger partial charge in [-0.05, 0) is 50.0 Å². The molecule has 3 aliphatic rings. The Morgan fingerprint density at radius 1 is 1.22 bits per heavy atom. The van der Waals surface area contributed by atoms with E-state index in [9.17, 15) is 14.4 Å². The van der Waals surface area contributed by atoms with Crippen LogP contribution in [0.2, 0.25) is 0 Å². The molecular weight excluding hydrogens is 344 g/mol. The number of nitrogens with one attached hydrogen (secondary N) is 2. The summed E-state index contributed by atoms with van der Waals surface area (Å²) in [5.41, 5.74) is 2.78. The van der Waals surface area contributed by atoms with E-state index < -0.39 is 6.04 Å². The molecule has 144 valence electrons. The fourth-order valence-corrected chi connectivity index (χ4v) is 4.39. The van der Waals surface area contributed by atoms with Crippen LogP contribution in [0.5, 0.6) is 0 Å². The Labute approximate surface area is 159 Å². The third-order valence-corrected chi connectivity index (χ3v) is 5.91. The van der Waals surface area contributed by atoms with Gasteiger partial charge in [-0.3, -0.25) is 24.6 Å². The molecule has 3 amide bonds. The van der Waals surface area contributed by atoms with Crippen molar-refractivity contribution in [3.05, 3.63) is 34.9 Å². The van der Waals surface area contributed by atoms with E-state index >= 15 is 0 Å². The Hall–Kier alpha value is -2.25. The van der Waals surface area contributed by atoms with E-state index in [1.807, 2.05) is 19.2 Å². The zero-order valence-electron chi connectivity index (χ0n) is 15.7. The van der Waals surface area contributed by atoms with Crippen LogP contribution < -0.4 is 10.6 Å². The van der Waals surface area contributed by atoms with Crippen LogP contribution in [0.4, 0.5) is 0 Å². The van der Waals surface area contributed by atoms with Gasteiger partial charge in [0.25, 0.3) is 5.91 Å². The van der Waals surface area contributed by atoms with E-state index in [0.717, 1.165) is 30.8 Å². The van der Waals surface area contributed by atoms with Crippen LogP contribution in [0, 0.1) is 0 Å². The Bertz CT molecular complexity index is 778. The first-order chi connectivity index (χ1) is 13.0. The predicted octanol–water partition coefficient (Wildman–Crippen LogP) is 0.631. The van der Waals surface area contributed by atoms with E-state index in [1.54, 1.807) is 4.90 Å². The molecule has 2 unspecified atom stereocenters. The molecule has 4 rings (SSSR count). The lowest BCUT2D eigenvalue weighted by Crippen LogP contribution is -2.52. The van der Waals surface area contributed by atoms with E-state index in [0.29, 0.717) is 24.6 Å². The molecule has 0 radical (unpaired) electrons. The van der Waals surface area contributed by atoms with Crippen LogP contribution in [0.25, 0.3) is 0 Å². The van der Waals surface area contributed by atoms with Gasteiger partial charge in [0, 0.05) is 37.7 Å². The fraction of sp³-hybridized carbons (Fsp3) is 0.550. The molecule has 2 N–H and O–H groups in total. The van der Waals surface area contributed by atoms with Crippen LogP contribution in [-0.2, 0) is 22.7 Å². The van der Waals surface area contributed by atoms with Crippen LogP contribution >= 0.6 is 0 Å². The Morgan fingerprint density at radius 2 is 2.07 bits per heavy atom. The van der Waals surface area contributed by atoms with E-state index in [1.165, 1.54) is 12.8 Å². The summed E-state index contributed by atoms with van der Waals surface area (Å²) in [6.45, 7) is 3.36. The van der Waals surface area contributed by atoms with Crippen LogP contribution in [-0.4, -0.2) is 59.7 Å². The molecule has 0 aromatic heterocycles. The molecule has 2 atom stereocenters. The molecule has 27 heavy (non-hydrogen) atoms. The number of imide groups is 1.